The van der Waals surface area contributed by atoms with Crippen molar-refractivity contribution < 1.29 is 22.4 Å². The highest BCUT2D eigenvalue weighted by Crippen LogP contribution is 2.21. The van der Waals surface area contributed by atoms with Gasteiger partial charge in [0.25, 0.3) is 0 Å². The lowest BCUT2D eigenvalue weighted by atomic mass is 10.2. The van der Waals surface area contributed by atoms with Crippen LogP contribution in [0.25, 0.3) is 0 Å². The van der Waals surface area contributed by atoms with Crippen molar-refractivity contribution in [3.63, 3.8) is 0 Å². The first-order valence-electron chi connectivity index (χ1n) is 5.62. The first-order valence-corrected chi connectivity index (χ1v) is 5.62. The number of benzene rings is 1. The number of rotatable bonds is 5. The largest absolute Gasteiger partial charge is 0.390 e. The van der Waals surface area contributed by atoms with Crippen LogP contribution in [0.15, 0.2) is 24.3 Å². The quantitative estimate of drug-likeness (QED) is 0.813. The van der Waals surface area contributed by atoms with E-state index in [9.17, 15) is 22.4 Å². The third kappa shape index (κ3) is 6.76. The number of nitrogens with one attached hydrogen (secondary N) is 2. The molecule has 0 bridgehead atoms. The van der Waals surface area contributed by atoms with Crippen LogP contribution in [0.4, 0.5) is 23.2 Å². The van der Waals surface area contributed by atoms with Gasteiger partial charge in [-0.1, -0.05) is 0 Å². The first-order chi connectivity index (χ1) is 8.76. The van der Waals surface area contributed by atoms with E-state index in [-0.39, 0.29) is 6.54 Å². The van der Waals surface area contributed by atoms with Crippen LogP contribution in [0, 0.1) is 5.82 Å². The lowest BCUT2D eigenvalue weighted by Crippen LogP contribution is -2.37. The second-order valence-corrected chi connectivity index (χ2v) is 4.16. The minimum absolute atomic E-state index is 0.241. The number of hydrogen-bond donors (Lipinski definition) is 2. The monoisotopic (exact) mass is 278 g/mol. The first kappa shape index (κ1) is 15.4. The molecule has 19 heavy (non-hydrogen) atoms. The molecule has 0 aliphatic heterocycles. The lowest BCUT2D eigenvalue weighted by molar-refractivity contribution is -0.139. The molecule has 0 aromatic heterocycles. The van der Waals surface area contributed by atoms with Gasteiger partial charge in [-0.2, -0.15) is 13.2 Å². The van der Waals surface area contributed by atoms with E-state index in [1.807, 2.05) is 0 Å². The van der Waals surface area contributed by atoms with Crippen molar-refractivity contribution in [2.45, 2.75) is 25.6 Å². The molecule has 3 nitrogen and oxygen atoms in total. The summed E-state index contributed by atoms with van der Waals surface area (Å²) >= 11 is 0. The van der Waals surface area contributed by atoms with E-state index >= 15 is 0 Å². The highest BCUT2D eigenvalue weighted by molar-refractivity contribution is 5.92. The number of halogens is 4. The molecule has 0 aliphatic carbocycles. The van der Waals surface area contributed by atoms with Gasteiger partial charge in [-0.05, 0) is 31.2 Å². The summed E-state index contributed by atoms with van der Waals surface area (Å²) in [6, 6.07) is 4.24. The zero-order valence-electron chi connectivity index (χ0n) is 10.2. The van der Waals surface area contributed by atoms with Gasteiger partial charge in [-0.25, -0.2) is 4.39 Å². The summed E-state index contributed by atoms with van der Waals surface area (Å²) in [5.74, 6) is -0.921. The van der Waals surface area contributed by atoms with Crippen LogP contribution in [0.1, 0.15) is 13.3 Å². The van der Waals surface area contributed by atoms with E-state index in [4.69, 9.17) is 0 Å². The van der Waals surface area contributed by atoms with Crippen LogP contribution < -0.4 is 10.6 Å². The fourth-order valence-electron chi connectivity index (χ4n) is 1.42. The van der Waals surface area contributed by atoms with Gasteiger partial charge in [-0.15, -0.1) is 0 Å². The van der Waals surface area contributed by atoms with Gasteiger partial charge >= 0.3 is 6.18 Å². The molecule has 1 aromatic rings. The van der Waals surface area contributed by atoms with Crippen LogP contribution in [0.5, 0.6) is 0 Å². The molecule has 1 amide bonds. The summed E-state index contributed by atoms with van der Waals surface area (Å²) < 4.78 is 48.7. The van der Waals surface area contributed by atoms with Crippen LogP contribution in [-0.2, 0) is 4.79 Å². The molecule has 1 atom stereocenters. The summed E-state index contributed by atoms with van der Waals surface area (Å²) in [4.78, 5) is 11.4. The Morgan fingerprint density at radius 3 is 2.37 bits per heavy atom. The predicted molar refractivity (Wildman–Crippen MR) is 63.2 cm³/mol. The maximum Gasteiger partial charge on any atom is 0.390 e. The standard InChI is InChI=1S/C12H14F4N2O/c1-8(6-12(14,15)16)17-7-11(19)18-10-4-2-9(13)3-5-10/h2-5,8,17H,6-7H2,1H3,(H,18,19). The predicted octanol–water partition coefficient (Wildman–Crippen LogP) is 2.69. The highest BCUT2D eigenvalue weighted by Gasteiger charge is 2.29. The van der Waals surface area contributed by atoms with Gasteiger partial charge in [0.05, 0.1) is 13.0 Å². The molecule has 7 heteroatoms. The molecule has 0 spiro atoms. The summed E-state index contributed by atoms with van der Waals surface area (Å²) in [5.41, 5.74) is 0.386. The van der Waals surface area contributed by atoms with Gasteiger partial charge in [0.1, 0.15) is 5.82 Å². The van der Waals surface area contributed by atoms with Crippen molar-refractivity contribution in [3.05, 3.63) is 30.1 Å². The van der Waals surface area contributed by atoms with Gasteiger partial charge in [0, 0.05) is 11.7 Å². The molecule has 2 N–H and O–H groups in total. The molecule has 0 heterocycles. The fourth-order valence-corrected chi connectivity index (χ4v) is 1.42. The van der Waals surface area contributed by atoms with Crippen molar-refractivity contribution in [3.8, 4) is 0 Å². The third-order valence-corrected chi connectivity index (χ3v) is 2.28. The van der Waals surface area contributed by atoms with E-state index in [1.165, 1.54) is 31.2 Å². The summed E-state index contributed by atoms with van der Waals surface area (Å²) in [6.07, 6.45) is -5.27. The van der Waals surface area contributed by atoms with Gasteiger partial charge < -0.3 is 10.6 Å². The maximum atomic E-state index is 12.6. The Morgan fingerprint density at radius 1 is 1.26 bits per heavy atom. The van der Waals surface area contributed by atoms with Crippen molar-refractivity contribution in [1.29, 1.82) is 0 Å². The Hall–Kier alpha value is -1.63. The minimum atomic E-state index is -4.26. The second-order valence-electron chi connectivity index (χ2n) is 4.16. The van der Waals surface area contributed by atoms with E-state index in [0.717, 1.165) is 0 Å². The summed E-state index contributed by atoms with van der Waals surface area (Å²) in [5, 5.41) is 4.90. The van der Waals surface area contributed by atoms with Crippen LogP contribution in [-0.4, -0.2) is 24.7 Å². The number of anilines is 1. The normalized spacial score (nSPS) is 13.1. The topological polar surface area (TPSA) is 41.1 Å². The van der Waals surface area contributed by atoms with Gasteiger partial charge in [0.15, 0.2) is 0 Å². The number of carbonyl (C=O) groups excluding carboxylic acids is 1. The number of amides is 1. The molecule has 1 unspecified atom stereocenters. The summed E-state index contributed by atoms with van der Waals surface area (Å²) in [6.45, 7) is 1.10. The summed E-state index contributed by atoms with van der Waals surface area (Å²) in [7, 11) is 0. The van der Waals surface area contributed by atoms with Crippen LogP contribution in [0.3, 0.4) is 0 Å². The Morgan fingerprint density at radius 2 is 1.84 bits per heavy atom. The van der Waals surface area contributed by atoms with Gasteiger partial charge in [-0.3, -0.25) is 4.79 Å². The molecule has 1 aromatic carbocycles. The number of alkyl halides is 3. The molecular formula is C12H14F4N2O. The molecule has 0 fully saturated rings. The fraction of sp³-hybridized carbons (Fsp3) is 0.417. The molecular weight excluding hydrogens is 264 g/mol. The average molecular weight is 278 g/mol. The third-order valence-electron chi connectivity index (χ3n) is 2.28. The Bertz CT molecular complexity index is 417. The zero-order valence-corrected chi connectivity index (χ0v) is 10.2. The molecule has 0 aliphatic rings. The number of carbonyl (C=O) groups is 1. The van der Waals surface area contributed by atoms with E-state index in [0.29, 0.717) is 5.69 Å². The van der Waals surface area contributed by atoms with E-state index in [1.54, 1.807) is 0 Å². The SMILES string of the molecule is CC(CC(F)(F)F)NCC(=O)Nc1ccc(F)cc1. The van der Waals surface area contributed by atoms with E-state index < -0.39 is 30.4 Å². The smallest absolute Gasteiger partial charge is 0.325 e. The zero-order chi connectivity index (χ0) is 14.5. The maximum absolute atomic E-state index is 12.6. The van der Waals surface area contributed by atoms with Crippen LogP contribution >= 0.6 is 0 Å². The Kier molecular flexibility index (Phi) is 5.29. The molecule has 0 saturated carbocycles. The van der Waals surface area contributed by atoms with Crippen molar-refractivity contribution >= 4 is 11.6 Å². The Labute approximate surface area is 108 Å². The number of hydrogen-bond acceptors (Lipinski definition) is 2. The highest BCUT2D eigenvalue weighted by atomic mass is 19.4. The molecule has 0 radical (unpaired) electrons. The van der Waals surface area contributed by atoms with Crippen molar-refractivity contribution in [2.75, 3.05) is 11.9 Å². The minimum Gasteiger partial charge on any atom is -0.325 e. The van der Waals surface area contributed by atoms with Gasteiger partial charge in [0.2, 0.25) is 5.91 Å². The average Bonchev–Trinajstić information content (AvgIpc) is 2.27. The van der Waals surface area contributed by atoms with E-state index in [2.05, 4.69) is 10.6 Å². The van der Waals surface area contributed by atoms with Crippen molar-refractivity contribution in [1.82, 2.24) is 5.32 Å². The molecule has 0 saturated heterocycles. The van der Waals surface area contributed by atoms with Crippen LogP contribution in [0.2, 0.25) is 0 Å². The molecule has 106 valence electrons. The lowest BCUT2D eigenvalue weighted by Gasteiger charge is -2.15. The second kappa shape index (κ2) is 6.51. The molecule has 1 rings (SSSR count). The Balaban J connectivity index is 2.34. The van der Waals surface area contributed by atoms with Crippen molar-refractivity contribution in [2.24, 2.45) is 0 Å².